The quantitative estimate of drug-likeness (QED) is 0.0452. The van der Waals surface area contributed by atoms with Gasteiger partial charge in [-0.2, -0.15) is 11.8 Å². The van der Waals surface area contributed by atoms with Crippen LogP contribution in [0.2, 0.25) is 0 Å². The van der Waals surface area contributed by atoms with Crippen LogP contribution in [-0.2, 0) is 74.8 Å². The molecule has 0 spiro atoms. The van der Waals surface area contributed by atoms with Gasteiger partial charge in [0.15, 0.2) is 0 Å². The number of carbonyl (C=O) groups excluding carboxylic acids is 3. The molecule has 70 heavy (non-hydrogen) atoms. The van der Waals surface area contributed by atoms with Crippen LogP contribution in [0, 0.1) is 0 Å². The summed E-state index contributed by atoms with van der Waals surface area (Å²) < 4.78 is 62.2. The predicted octanol–water partition coefficient (Wildman–Crippen LogP) is 1.09. The second-order valence-corrected chi connectivity index (χ2v) is 18.3. The number of carboxylic acid groups (broad SMARTS) is 1. The highest BCUT2D eigenvalue weighted by atomic mass is 32.2. The van der Waals surface area contributed by atoms with E-state index in [1.54, 1.807) is 10.9 Å². The number of nitrogens with zero attached hydrogens (tertiary/aromatic N) is 4. The number of aromatic nitrogens is 3. The molecule has 0 saturated carbocycles. The Morgan fingerprint density at radius 2 is 1.16 bits per heavy atom. The molecule has 3 heterocycles. The highest BCUT2D eigenvalue weighted by molar-refractivity contribution is 8.00. The number of nitrogens with one attached hydrogen (secondary N) is 4. The molecule has 0 unspecified atom stereocenters. The Morgan fingerprint density at radius 1 is 0.671 bits per heavy atom. The molecule has 2 aliphatic heterocycles. The third kappa shape index (κ3) is 30.4. The van der Waals surface area contributed by atoms with Crippen molar-refractivity contribution in [3.8, 4) is 0 Å². The summed E-state index contributed by atoms with van der Waals surface area (Å²) in [6, 6.07) is 0.348. The lowest BCUT2D eigenvalue weighted by molar-refractivity contribution is -0.123. The van der Waals surface area contributed by atoms with Gasteiger partial charge in [-0.1, -0.05) is 11.6 Å². The highest BCUT2D eigenvalue weighted by Gasteiger charge is 2.42. The van der Waals surface area contributed by atoms with Crippen molar-refractivity contribution >= 4 is 35.7 Å². The zero-order valence-corrected chi connectivity index (χ0v) is 42.5. The van der Waals surface area contributed by atoms with E-state index in [9.17, 15) is 24.3 Å². The molecule has 5 N–H and O–H groups in total. The molecule has 0 aliphatic carbocycles. The van der Waals surface area contributed by atoms with Gasteiger partial charge in [0.2, 0.25) is 11.8 Å². The molecule has 2 aliphatic rings. The number of hydrogen-bond acceptors (Lipinski definition) is 18. The second kappa shape index (κ2) is 39.1. The number of amides is 5. The zero-order valence-electron chi connectivity index (χ0n) is 41.7. The van der Waals surface area contributed by atoms with E-state index in [1.807, 2.05) is 32.5 Å². The van der Waals surface area contributed by atoms with Crippen molar-refractivity contribution in [2.75, 3.05) is 164 Å². The first-order valence-electron chi connectivity index (χ1n) is 24.5. The molecule has 5 amide bonds. The number of fused-ring (bicyclic) bond motifs is 1. The summed E-state index contributed by atoms with van der Waals surface area (Å²) in [6.45, 7) is 16.2. The number of hydrogen-bond donors (Lipinski definition) is 5. The first-order valence-corrected chi connectivity index (χ1v) is 25.5. The van der Waals surface area contributed by atoms with E-state index in [0.717, 1.165) is 25.0 Å². The third-order valence-electron chi connectivity index (χ3n) is 10.5. The topological polar surface area (TPSA) is 272 Å². The van der Waals surface area contributed by atoms with Gasteiger partial charge < -0.3 is 83.4 Å². The van der Waals surface area contributed by atoms with Crippen LogP contribution in [0.1, 0.15) is 58.6 Å². The third-order valence-corrected chi connectivity index (χ3v) is 12.0. The van der Waals surface area contributed by atoms with Crippen molar-refractivity contribution in [3.63, 3.8) is 0 Å². The number of urea groups is 1. The summed E-state index contributed by atoms with van der Waals surface area (Å²) in [4.78, 5) is 48.5. The average molecular weight is 1020 g/mol. The Hall–Kier alpha value is -3.47. The van der Waals surface area contributed by atoms with Gasteiger partial charge in [0.25, 0.3) is 0 Å². The van der Waals surface area contributed by atoms with Crippen LogP contribution in [-0.4, -0.2) is 236 Å². The smallest absolute Gasteiger partial charge is 0.407 e. The summed E-state index contributed by atoms with van der Waals surface area (Å²) in [5.74, 6) is 0.819. The van der Waals surface area contributed by atoms with Crippen molar-refractivity contribution in [1.82, 2.24) is 41.2 Å². The maximum atomic E-state index is 12.3. The van der Waals surface area contributed by atoms with Crippen LogP contribution < -0.4 is 21.3 Å². The number of rotatable bonds is 46. The number of ether oxygens (including phenoxy) is 11. The number of thioether (sulfide) groups is 1. The molecule has 3 rings (SSSR count). The SMILES string of the molecule is CC(C)(C)N(CCOCCOCCOCCOCCOCCNC(=O)CCOCCOCCOCCOCCOCCOCCn1cc(CNC(=O)CCCC[C@@H]2SC[C@@H]3NC(=O)N[C@@H]32)nn1)C(=O)O. The van der Waals surface area contributed by atoms with Crippen molar-refractivity contribution in [3.05, 3.63) is 11.9 Å². The monoisotopic (exact) mass is 1020 g/mol. The summed E-state index contributed by atoms with van der Waals surface area (Å²) in [5.41, 5.74) is 0.211. The van der Waals surface area contributed by atoms with Crippen LogP contribution in [0.25, 0.3) is 0 Å². The van der Waals surface area contributed by atoms with E-state index in [-0.39, 0.29) is 36.3 Å². The maximum Gasteiger partial charge on any atom is 0.407 e. The number of unbranched alkanes of at least 4 members (excludes halogenated alkanes) is 1. The van der Waals surface area contributed by atoms with Crippen molar-refractivity contribution in [2.45, 2.75) is 88.8 Å². The maximum absolute atomic E-state index is 12.3. The van der Waals surface area contributed by atoms with Gasteiger partial charge in [-0.25, -0.2) is 14.3 Å². The van der Waals surface area contributed by atoms with E-state index in [0.29, 0.717) is 189 Å². The fourth-order valence-corrected chi connectivity index (χ4v) is 8.36. The number of carbonyl (C=O) groups is 4. The van der Waals surface area contributed by atoms with Crippen LogP contribution in [0.3, 0.4) is 0 Å². The van der Waals surface area contributed by atoms with Crippen LogP contribution in [0.5, 0.6) is 0 Å². The Morgan fingerprint density at radius 3 is 1.69 bits per heavy atom. The highest BCUT2D eigenvalue weighted by Crippen LogP contribution is 2.33. The average Bonchev–Trinajstić information content (AvgIpc) is 4.05. The van der Waals surface area contributed by atoms with Crippen LogP contribution in [0.4, 0.5) is 9.59 Å². The standard InChI is InChI=1S/C45H82N8O16S/c1-45(2,3)53(44(57)58)11-15-62-19-23-66-27-31-68-29-25-64-21-17-60-13-9-46-41(55)8-12-59-16-20-63-24-28-67-32-33-69-30-26-65-22-18-61-14-10-52-35-37(50-51-52)34-47-40(54)7-5-4-6-39-42-38(36-70-39)48-43(56)49-42/h35,38-39,42H,4-34,36H2,1-3H3,(H,46,55)(H,47,54)(H,57,58)(H2,48,49,56)/t38-,39-,42-/m0/s1. The Bertz CT molecular complexity index is 1530. The Balaban J connectivity index is 0.934. The lowest BCUT2D eigenvalue weighted by atomic mass is 10.0. The molecule has 24 nitrogen and oxygen atoms in total. The molecule has 1 aromatic heterocycles. The second-order valence-electron chi connectivity index (χ2n) is 17.1. The summed E-state index contributed by atoms with van der Waals surface area (Å²) in [6.07, 6.45) is 4.28. The predicted molar refractivity (Wildman–Crippen MR) is 257 cm³/mol. The van der Waals surface area contributed by atoms with Crippen molar-refractivity contribution in [1.29, 1.82) is 0 Å². The van der Waals surface area contributed by atoms with E-state index >= 15 is 0 Å². The zero-order chi connectivity index (χ0) is 50.3. The summed E-state index contributed by atoms with van der Waals surface area (Å²) in [7, 11) is 0. The lowest BCUT2D eigenvalue weighted by Gasteiger charge is -2.32. The van der Waals surface area contributed by atoms with Gasteiger partial charge in [-0.3, -0.25) is 9.59 Å². The largest absolute Gasteiger partial charge is 0.465 e. The Kier molecular flexibility index (Phi) is 34.0. The van der Waals surface area contributed by atoms with Gasteiger partial charge in [0.05, 0.1) is 177 Å². The molecule has 0 radical (unpaired) electrons. The molecule has 3 atom stereocenters. The molecule has 404 valence electrons. The van der Waals surface area contributed by atoms with Gasteiger partial charge in [-0.05, 0) is 33.6 Å². The Labute approximate surface area is 417 Å². The van der Waals surface area contributed by atoms with Gasteiger partial charge >= 0.3 is 12.1 Å². The van der Waals surface area contributed by atoms with Crippen LogP contribution >= 0.6 is 11.8 Å². The van der Waals surface area contributed by atoms with Crippen molar-refractivity contribution in [2.24, 2.45) is 0 Å². The molecule has 0 bridgehead atoms. The first-order chi connectivity index (χ1) is 34.0. The van der Waals surface area contributed by atoms with Gasteiger partial charge in [0.1, 0.15) is 5.69 Å². The molecular weight excluding hydrogens is 941 g/mol. The van der Waals surface area contributed by atoms with Gasteiger partial charge in [0, 0.05) is 42.5 Å². The fourth-order valence-electron chi connectivity index (χ4n) is 6.81. The minimum absolute atomic E-state index is 0.00858. The molecule has 2 saturated heterocycles. The summed E-state index contributed by atoms with van der Waals surface area (Å²) in [5, 5.41) is 29.6. The van der Waals surface area contributed by atoms with E-state index in [4.69, 9.17) is 52.1 Å². The minimum Gasteiger partial charge on any atom is -0.465 e. The van der Waals surface area contributed by atoms with Crippen molar-refractivity contribution < 1.29 is 76.4 Å². The van der Waals surface area contributed by atoms with Gasteiger partial charge in [-0.15, -0.1) is 5.10 Å². The van der Waals surface area contributed by atoms with E-state index in [2.05, 4.69) is 31.6 Å². The molecule has 25 heteroatoms. The minimum atomic E-state index is -0.966. The molecule has 1 aromatic rings. The summed E-state index contributed by atoms with van der Waals surface area (Å²) >= 11 is 1.89. The fraction of sp³-hybridized carbons (Fsp3) is 0.867. The van der Waals surface area contributed by atoms with E-state index < -0.39 is 11.6 Å². The van der Waals surface area contributed by atoms with E-state index in [1.165, 1.54) is 4.90 Å². The lowest BCUT2D eigenvalue weighted by Crippen LogP contribution is -2.46. The molecule has 0 aromatic carbocycles. The van der Waals surface area contributed by atoms with Crippen LogP contribution in [0.15, 0.2) is 6.20 Å². The normalized spacial score (nSPS) is 16.6. The molecular formula is C45H82N8O16S. The molecule has 2 fully saturated rings. The first kappa shape index (κ1) is 60.8.